The minimum absolute atomic E-state index is 0. The monoisotopic (exact) mass is 525 g/mol. The van der Waals surface area contributed by atoms with Crippen LogP contribution in [0.2, 0.25) is 0 Å². The quantitative estimate of drug-likeness (QED) is 0.236. The lowest BCUT2D eigenvalue weighted by Crippen LogP contribution is -2.37. The van der Waals surface area contributed by atoms with Gasteiger partial charge in [0.05, 0.1) is 6.26 Å². The van der Waals surface area contributed by atoms with Crippen LogP contribution in [0.25, 0.3) is 0 Å². The maximum absolute atomic E-state index is 13.7. The van der Waals surface area contributed by atoms with E-state index in [-0.39, 0.29) is 29.8 Å². The summed E-state index contributed by atoms with van der Waals surface area (Å²) in [6.07, 6.45) is 2.46. The third-order valence-electron chi connectivity index (χ3n) is 3.26. The van der Waals surface area contributed by atoms with Crippen LogP contribution in [0.15, 0.2) is 50.5 Å². The molecule has 2 rings (SSSR count). The number of benzene rings is 1. The van der Waals surface area contributed by atoms with Crippen LogP contribution in [-0.2, 0) is 17.9 Å². The fourth-order valence-electron chi connectivity index (χ4n) is 2.03. The highest BCUT2D eigenvalue weighted by atomic mass is 127. The summed E-state index contributed by atoms with van der Waals surface area (Å²) in [5, 5.41) is 6.26. The van der Waals surface area contributed by atoms with E-state index in [4.69, 9.17) is 9.15 Å². The minimum Gasteiger partial charge on any atom is -0.467 e. The van der Waals surface area contributed by atoms with Crippen LogP contribution < -0.4 is 10.6 Å². The number of hydrogen-bond acceptors (Lipinski definition) is 3. The molecule has 0 aliphatic carbocycles. The van der Waals surface area contributed by atoms with E-state index < -0.39 is 0 Å². The van der Waals surface area contributed by atoms with Gasteiger partial charge in [-0.25, -0.2) is 4.39 Å². The first kappa shape index (κ1) is 21.9. The van der Waals surface area contributed by atoms with E-state index in [0.29, 0.717) is 37.8 Å². The second-order valence-corrected chi connectivity index (χ2v) is 5.99. The normalized spacial score (nSPS) is 11.1. The van der Waals surface area contributed by atoms with Crippen LogP contribution >= 0.6 is 39.9 Å². The van der Waals surface area contributed by atoms with E-state index in [1.807, 2.05) is 12.1 Å². The maximum atomic E-state index is 13.7. The first-order chi connectivity index (χ1) is 11.7. The van der Waals surface area contributed by atoms with E-state index >= 15 is 0 Å². The highest BCUT2D eigenvalue weighted by molar-refractivity contribution is 14.0. The highest BCUT2D eigenvalue weighted by Gasteiger charge is 2.04. The third kappa shape index (κ3) is 8.19. The van der Waals surface area contributed by atoms with Crippen molar-refractivity contribution in [2.45, 2.75) is 19.6 Å². The number of nitrogens with one attached hydrogen (secondary N) is 2. The highest BCUT2D eigenvalue weighted by Crippen LogP contribution is 2.15. The number of nitrogens with zero attached hydrogens (tertiary/aromatic N) is 1. The summed E-state index contributed by atoms with van der Waals surface area (Å²) in [4.78, 5) is 4.12. The summed E-state index contributed by atoms with van der Waals surface area (Å²) in [7, 11) is 1.68. The van der Waals surface area contributed by atoms with Crippen molar-refractivity contribution in [3.8, 4) is 0 Å². The number of hydrogen-bond donors (Lipinski definition) is 2. The third-order valence-corrected chi connectivity index (χ3v) is 3.75. The zero-order valence-corrected chi connectivity index (χ0v) is 17.8. The Balaban J connectivity index is 0.00000312. The fraction of sp³-hybridized carbons (Fsp3) is 0.353. The Morgan fingerprint density at radius 2 is 2.16 bits per heavy atom. The molecule has 8 heteroatoms. The largest absolute Gasteiger partial charge is 0.467 e. The molecule has 0 atom stereocenters. The molecule has 2 N–H and O–H groups in total. The minimum atomic E-state index is -0.243. The first-order valence-electron chi connectivity index (χ1n) is 7.67. The molecular formula is C17H22BrFIN3O2. The molecule has 1 heterocycles. The summed E-state index contributed by atoms with van der Waals surface area (Å²) in [5.74, 6) is 1.20. The standard InChI is InChI=1S/C17H21BrFN3O2.HI/c1-20-17(22-11-13-10-14(18)5-6-16(13)19)21-7-3-8-23-12-15-4-2-9-24-15;/h2,4-6,9-10H,3,7-8,11-12H2,1H3,(H2,20,21,22);1H. The van der Waals surface area contributed by atoms with Gasteiger partial charge in [-0.3, -0.25) is 4.99 Å². The van der Waals surface area contributed by atoms with E-state index in [1.165, 1.54) is 6.07 Å². The molecule has 0 radical (unpaired) electrons. The molecule has 2 aromatic rings. The van der Waals surface area contributed by atoms with Crippen LogP contribution in [0, 0.1) is 5.82 Å². The number of ether oxygens (including phenoxy) is 1. The SMILES string of the molecule is CN=C(NCCCOCc1ccco1)NCc1cc(Br)ccc1F.I. The smallest absolute Gasteiger partial charge is 0.191 e. The maximum Gasteiger partial charge on any atom is 0.191 e. The van der Waals surface area contributed by atoms with Crippen molar-refractivity contribution in [1.29, 1.82) is 0 Å². The van der Waals surface area contributed by atoms with Crippen molar-refractivity contribution >= 4 is 45.9 Å². The average Bonchev–Trinajstić information content (AvgIpc) is 3.09. The number of guanidine groups is 1. The van der Waals surface area contributed by atoms with E-state index in [0.717, 1.165) is 16.7 Å². The fourth-order valence-corrected chi connectivity index (χ4v) is 2.44. The van der Waals surface area contributed by atoms with Gasteiger partial charge in [0.25, 0.3) is 0 Å². The molecule has 0 unspecified atom stereocenters. The van der Waals surface area contributed by atoms with Gasteiger partial charge in [-0.2, -0.15) is 0 Å². The van der Waals surface area contributed by atoms with Gasteiger partial charge >= 0.3 is 0 Å². The summed E-state index contributed by atoms with van der Waals surface area (Å²) in [6, 6.07) is 8.58. The molecule has 0 amide bonds. The molecule has 5 nitrogen and oxygen atoms in total. The molecule has 1 aromatic heterocycles. The molecule has 138 valence electrons. The Kier molecular flexibility index (Phi) is 10.7. The van der Waals surface area contributed by atoms with Gasteiger partial charge in [-0.1, -0.05) is 15.9 Å². The van der Waals surface area contributed by atoms with Crippen molar-refractivity contribution in [1.82, 2.24) is 10.6 Å². The molecule has 0 saturated carbocycles. The van der Waals surface area contributed by atoms with Gasteiger partial charge in [0.15, 0.2) is 5.96 Å². The van der Waals surface area contributed by atoms with Crippen molar-refractivity contribution in [2.24, 2.45) is 4.99 Å². The Bertz CT molecular complexity index is 653. The average molecular weight is 526 g/mol. The predicted molar refractivity (Wildman–Crippen MR) is 111 cm³/mol. The lowest BCUT2D eigenvalue weighted by atomic mass is 10.2. The van der Waals surface area contributed by atoms with Crippen molar-refractivity contribution in [3.63, 3.8) is 0 Å². The lowest BCUT2D eigenvalue weighted by Gasteiger charge is -2.12. The molecule has 0 aliphatic heterocycles. The van der Waals surface area contributed by atoms with Crippen molar-refractivity contribution < 1.29 is 13.5 Å². The predicted octanol–water partition coefficient (Wildman–Crippen LogP) is 4.07. The van der Waals surface area contributed by atoms with Crippen molar-refractivity contribution in [3.05, 3.63) is 58.2 Å². The van der Waals surface area contributed by atoms with E-state index in [9.17, 15) is 4.39 Å². The van der Waals surface area contributed by atoms with Gasteiger partial charge in [0.2, 0.25) is 0 Å². The Morgan fingerprint density at radius 1 is 1.32 bits per heavy atom. The van der Waals surface area contributed by atoms with Gasteiger partial charge in [0, 0.05) is 36.8 Å². The number of rotatable bonds is 8. The zero-order valence-electron chi connectivity index (χ0n) is 13.9. The number of aliphatic imine (C=N–C) groups is 1. The van der Waals surface area contributed by atoms with Crippen molar-refractivity contribution in [2.75, 3.05) is 20.2 Å². The van der Waals surface area contributed by atoms with Crippen LogP contribution in [0.4, 0.5) is 4.39 Å². The summed E-state index contributed by atoms with van der Waals surface area (Å²) in [6.45, 7) is 2.16. The molecule has 0 fully saturated rings. The topological polar surface area (TPSA) is 58.8 Å². The second kappa shape index (κ2) is 12.3. The summed E-state index contributed by atoms with van der Waals surface area (Å²) >= 11 is 3.34. The van der Waals surface area contributed by atoms with Gasteiger partial charge < -0.3 is 19.8 Å². The van der Waals surface area contributed by atoms with Gasteiger partial charge in [0.1, 0.15) is 18.2 Å². The van der Waals surface area contributed by atoms with Crippen LogP contribution in [-0.4, -0.2) is 26.2 Å². The van der Waals surface area contributed by atoms with E-state index in [1.54, 1.807) is 25.4 Å². The lowest BCUT2D eigenvalue weighted by molar-refractivity contribution is 0.105. The van der Waals surface area contributed by atoms with Gasteiger partial charge in [-0.05, 0) is 36.8 Å². The Labute approximate surface area is 172 Å². The van der Waals surface area contributed by atoms with Crippen LogP contribution in [0.5, 0.6) is 0 Å². The number of halogens is 3. The Morgan fingerprint density at radius 3 is 2.88 bits per heavy atom. The van der Waals surface area contributed by atoms with Gasteiger partial charge in [-0.15, -0.1) is 24.0 Å². The zero-order chi connectivity index (χ0) is 17.2. The van der Waals surface area contributed by atoms with E-state index in [2.05, 4.69) is 31.6 Å². The molecular weight excluding hydrogens is 504 g/mol. The number of furan rings is 1. The molecule has 0 saturated heterocycles. The molecule has 0 aliphatic rings. The second-order valence-electron chi connectivity index (χ2n) is 5.07. The molecule has 0 bridgehead atoms. The Hall–Kier alpha value is -1.13. The molecule has 25 heavy (non-hydrogen) atoms. The molecule has 1 aromatic carbocycles. The summed E-state index contributed by atoms with van der Waals surface area (Å²) < 4.78 is 25.2. The summed E-state index contributed by atoms with van der Waals surface area (Å²) in [5.41, 5.74) is 0.578. The van der Waals surface area contributed by atoms with Crippen LogP contribution in [0.3, 0.4) is 0 Å². The molecule has 0 spiro atoms. The van der Waals surface area contributed by atoms with Crippen LogP contribution in [0.1, 0.15) is 17.7 Å². The first-order valence-corrected chi connectivity index (χ1v) is 8.47.